The molecule has 2 aromatic carbocycles. The van der Waals surface area contributed by atoms with Gasteiger partial charge < -0.3 is 10.2 Å². The molecule has 0 saturated carbocycles. The summed E-state index contributed by atoms with van der Waals surface area (Å²) in [5, 5.41) is 3.25. The second-order valence-electron chi connectivity index (χ2n) is 8.67. The van der Waals surface area contributed by atoms with E-state index in [1.54, 1.807) is 26.0 Å². The SMILES string of the molecule is Cc1ccc(N(CC(=O)N(Cc2cccc(Br)c2)C(C)C(=O)NCC(C)C)S(C)(=O)=O)cc1Cl. The molecule has 0 aliphatic carbocycles. The van der Waals surface area contributed by atoms with Crippen molar-refractivity contribution in [3.05, 3.63) is 63.1 Å². The average Bonchev–Trinajstić information content (AvgIpc) is 2.74. The molecular weight excluding hydrogens is 542 g/mol. The molecule has 0 spiro atoms. The number of carbonyl (C=O) groups excluding carboxylic acids is 2. The molecule has 186 valence electrons. The van der Waals surface area contributed by atoms with Crippen LogP contribution in [0.3, 0.4) is 0 Å². The number of rotatable bonds is 10. The molecule has 1 N–H and O–H groups in total. The number of halogens is 2. The summed E-state index contributed by atoms with van der Waals surface area (Å²) in [5.41, 5.74) is 1.87. The van der Waals surface area contributed by atoms with Gasteiger partial charge in [-0.25, -0.2) is 8.42 Å². The Morgan fingerprint density at radius 3 is 2.35 bits per heavy atom. The second kappa shape index (κ2) is 12.0. The lowest BCUT2D eigenvalue weighted by Crippen LogP contribution is -2.51. The van der Waals surface area contributed by atoms with Crippen LogP contribution in [0.5, 0.6) is 0 Å². The molecule has 0 bridgehead atoms. The van der Waals surface area contributed by atoms with E-state index in [1.165, 1.54) is 11.0 Å². The van der Waals surface area contributed by atoms with Crippen molar-refractivity contribution in [1.82, 2.24) is 10.2 Å². The monoisotopic (exact) mass is 571 g/mol. The highest BCUT2D eigenvalue weighted by Crippen LogP contribution is 2.25. The third-order valence-electron chi connectivity index (χ3n) is 5.22. The summed E-state index contributed by atoms with van der Waals surface area (Å²) in [6, 6.07) is 11.4. The summed E-state index contributed by atoms with van der Waals surface area (Å²) in [5.74, 6) is -0.562. The third-order valence-corrected chi connectivity index (χ3v) is 7.26. The predicted octanol–water partition coefficient (Wildman–Crippen LogP) is 4.37. The van der Waals surface area contributed by atoms with E-state index in [2.05, 4.69) is 21.2 Å². The van der Waals surface area contributed by atoms with Gasteiger partial charge in [-0.3, -0.25) is 13.9 Å². The van der Waals surface area contributed by atoms with Crippen molar-refractivity contribution in [2.45, 2.75) is 40.3 Å². The van der Waals surface area contributed by atoms with Crippen molar-refractivity contribution in [2.24, 2.45) is 5.92 Å². The summed E-state index contributed by atoms with van der Waals surface area (Å²) >= 11 is 9.63. The number of benzene rings is 2. The van der Waals surface area contributed by atoms with Crippen molar-refractivity contribution in [3.63, 3.8) is 0 Å². The van der Waals surface area contributed by atoms with E-state index in [4.69, 9.17) is 11.6 Å². The lowest BCUT2D eigenvalue weighted by atomic mass is 10.1. The largest absolute Gasteiger partial charge is 0.354 e. The van der Waals surface area contributed by atoms with Crippen LogP contribution in [0.25, 0.3) is 0 Å². The Morgan fingerprint density at radius 1 is 1.12 bits per heavy atom. The second-order valence-corrected chi connectivity index (χ2v) is 11.9. The molecule has 0 fully saturated rings. The van der Waals surface area contributed by atoms with Gasteiger partial charge in [0.1, 0.15) is 12.6 Å². The number of hydrogen-bond acceptors (Lipinski definition) is 4. The Labute approximate surface area is 215 Å². The van der Waals surface area contributed by atoms with Gasteiger partial charge in [-0.05, 0) is 55.2 Å². The van der Waals surface area contributed by atoms with Gasteiger partial charge in [0.05, 0.1) is 11.9 Å². The van der Waals surface area contributed by atoms with Crippen LogP contribution < -0.4 is 9.62 Å². The molecule has 1 unspecified atom stereocenters. The van der Waals surface area contributed by atoms with Crippen LogP contribution in [-0.2, 0) is 26.2 Å². The van der Waals surface area contributed by atoms with E-state index in [0.29, 0.717) is 11.6 Å². The Kier molecular flexibility index (Phi) is 9.96. The summed E-state index contributed by atoms with van der Waals surface area (Å²) in [4.78, 5) is 27.7. The van der Waals surface area contributed by atoms with Crippen LogP contribution >= 0.6 is 27.5 Å². The minimum atomic E-state index is -3.80. The topological polar surface area (TPSA) is 86.8 Å². The van der Waals surface area contributed by atoms with Gasteiger partial charge in [-0.2, -0.15) is 0 Å². The van der Waals surface area contributed by atoms with E-state index < -0.39 is 28.5 Å². The third kappa shape index (κ3) is 7.99. The van der Waals surface area contributed by atoms with Crippen LogP contribution in [0.1, 0.15) is 31.9 Å². The summed E-state index contributed by atoms with van der Waals surface area (Å²) in [7, 11) is -3.80. The molecule has 0 aromatic heterocycles. The lowest BCUT2D eigenvalue weighted by Gasteiger charge is -2.31. The quantitative estimate of drug-likeness (QED) is 0.458. The van der Waals surface area contributed by atoms with E-state index in [-0.39, 0.29) is 24.1 Å². The number of nitrogens with one attached hydrogen (secondary N) is 1. The summed E-state index contributed by atoms with van der Waals surface area (Å²) in [6.45, 7) is 7.55. The van der Waals surface area contributed by atoms with Gasteiger partial charge >= 0.3 is 0 Å². The number of aryl methyl sites for hydroxylation is 1. The highest BCUT2D eigenvalue weighted by Gasteiger charge is 2.30. The molecule has 7 nitrogen and oxygen atoms in total. The van der Waals surface area contributed by atoms with Crippen LogP contribution in [0.2, 0.25) is 5.02 Å². The minimum absolute atomic E-state index is 0.140. The van der Waals surface area contributed by atoms with E-state index >= 15 is 0 Å². The molecule has 0 saturated heterocycles. The molecule has 10 heteroatoms. The first-order chi connectivity index (χ1) is 15.8. The van der Waals surface area contributed by atoms with E-state index in [1.807, 2.05) is 38.1 Å². The molecule has 0 radical (unpaired) electrons. The zero-order chi connectivity index (χ0) is 25.6. The minimum Gasteiger partial charge on any atom is -0.354 e. The first-order valence-electron chi connectivity index (χ1n) is 10.8. The standard InChI is InChI=1S/C24H31BrClN3O4S/c1-16(2)13-27-24(31)18(4)28(14-19-7-6-8-20(25)11-19)23(30)15-29(34(5,32)33)21-10-9-17(3)22(26)12-21/h6-12,16,18H,13-15H2,1-5H3,(H,27,31). The summed E-state index contributed by atoms with van der Waals surface area (Å²) in [6.07, 6.45) is 1.03. The van der Waals surface area contributed by atoms with Gasteiger partial charge in [0.15, 0.2) is 0 Å². The fourth-order valence-corrected chi connectivity index (χ4v) is 4.68. The van der Waals surface area contributed by atoms with Crippen LogP contribution in [0.15, 0.2) is 46.9 Å². The van der Waals surface area contributed by atoms with E-state index in [0.717, 1.165) is 26.2 Å². The van der Waals surface area contributed by atoms with Gasteiger partial charge in [-0.1, -0.05) is 59.6 Å². The lowest BCUT2D eigenvalue weighted by molar-refractivity contribution is -0.139. The first kappa shape index (κ1) is 28.1. The molecule has 2 rings (SSSR count). The number of sulfonamides is 1. The molecule has 0 aliphatic rings. The molecule has 0 aliphatic heterocycles. The normalized spacial score (nSPS) is 12.4. The Hall–Kier alpha value is -2.10. The number of anilines is 1. The van der Waals surface area contributed by atoms with Crippen LogP contribution in [0.4, 0.5) is 5.69 Å². The fraction of sp³-hybridized carbons (Fsp3) is 0.417. The number of nitrogens with zero attached hydrogens (tertiary/aromatic N) is 2. The highest BCUT2D eigenvalue weighted by molar-refractivity contribution is 9.10. The first-order valence-corrected chi connectivity index (χ1v) is 13.9. The summed E-state index contributed by atoms with van der Waals surface area (Å²) < 4.78 is 27.0. The van der Waals surface area contributed by atoms with Crippen molar-refractivity contribution in [2.75, 3.05) is 23.7 Å². The van der Waals surface area contributed by atoms with Crippen LogP contribution in [-0.4, -0.2) is 50.5 Å². The van der Waals surface area contributed by atoms with E-state index in [9.17, 15) is 18.0 Å². The maximum atomic E-state index is 13.5. The zero-order valence-corrected chi connectivity index (χ0v) is 23.2. The van der Waals surface area contributed by atoms with Gasteiger partial charge in [0, 0.05) is 22.6 Å². The number of carbonyl (C=O) groups is 2. The molecule has 2 aromatic rings. The van der Waals surface area contributed by atoms with Gasteiger partial charge in [0.25, 0.3) is 0 Å². The Morgan fingerprint density at radius 2 is 1.79 bits per heavy atom. The zero-order valence-electron chi connectivity index (χ0n) is 20.0. The molecule has 2 amide bonds. The van der Waals surface area contributed by atoms with Gasteiger partial charge in [-0.15, -0.1) is 0 Å². The van der Waals surface area contributed by atoms with Crippen LogP contribution in [0, 0.1) is 12.8 Å². The molecule has 0 heterocycles. The fourth-order valence-electron chi connectivity index (χ4n) is 3.22. The number of hydrogen-bond donors (Lipinski definition) is 1. The highest BCUT2D eigenvalue weighted by atomic mass is 79.9. The molecular formula is C24H31BrClN3O4S. The Balaban J connectivity index is 2.39. The average molecular weight is 573 g/mol. The number of amides is 2. The molecule has 34 heavy (non-hydrogen) atoms. The maximum absolute atomic E-state index is 13.5. The van der Waals surface area contributed by atoms with Crippen molar-refractivity contribution in [1.29, 1.82) is 0 Å². The van der Waals surface area contributed by atoms with Gasteiger partial charge in [0.2, 0.25) is 21.8 Å². The maximum Gasteiger partial charge on any atom is 0.244 e. The predicted molar refractivity (Wildman–Crippen MR) is 140 cm³/mol. The van der Waals surface area contributed by atoms with Crippen molar-refractivity contribution >= 4 is 55.1 Å². The Bertz CT molecular complexity index is 1140. The smallest absolute Gasteiger partial charge is 0.244 e. The molecule has 1 atom stereocenters. The van der Waals surface area contributed by atoms with Crippen molar-refractivity contribution < 1.29 is 18.0 Å². The van der Waals surface area contributed by atoms with Crippen molar-refractivity contribution in [3.8, 4) is 0 Å².